The molecule has 0 spiro atoms. The number of anilines is 1. The molecule has 2 aromatic carbocycles. The van der Waals surface area contributed by atoms with Gasteiger partial charge in [-0.2, -0.15) is 9.40 Å². The number of carboxylic acids is 1. The summed E-state index contributed by atoms with van der Waals surface area (Å²) in [4.78, 5) is 39.5. The van der Waals surface area contributed by atoms with Crippen LogP contribution in [0.5, 0.6) is 5.75 Å². The number of carbonyl (C=O) groups is 1. The van der Waals surface area contributed by atoms with Crippen molar-refractivity contribution >= 4 is 48.4 Å². The van der Waals surface area contributed by atoms with Crippen LogP contribution in [0.25, 0.3) is 16.0 Å². The summed E-state index contributed by atoms with van der Waals surface area (Å²) in [6.07, 6.45) is -3.27. The lowest BCUT2D eigenvalue weighted by molar-refractivity contribution is -0.384. The first-order valence-corrected chi connectivity index (χ1v) is 14.5. The van der Waals surface area contributed by atoms with Gasteiger partial charge in [-0.05, 0) is 24.3 Å². The first-order valence-electron chi connectivity index (χ1n) is 12.3. The van der Waals surface area contributed by atoms with Crippen molar-refractivity contribution in [2.24, 2.45) is 0 Å². The van der Waals surface area contributed by atoms with E-state index in [1.165, 1.54) is 30.5 Å². The second-order valence-electron chi connectivity index (χ2n) is 8.95. The van der Waals surface area contributed by atoms with Gasteiger partial charge < -0.3 is 20.5 Å². The van der Waals surface area contributed by atoms with Crippen molar-refractivity contribution < 1.29 is 41.2 Å². The van der Waals surface area contributed by atoms with Crippen molar-refractivity contribution in [1.29, 1.82) is 0 Å². The zero-order valence-corrected chi connectivity index (χ0v) is 23.7. The third-order valence-corrected chi connectivity index (χ3v) is 9.16. The first-order chi connectivity index (χ1) is 20.7. The molecule has 5 rings (SSSR count). The number of piperazine rings is 1. The number of alkyl halides is 3. The number of nitrogens with zero attached hydrogens (tertiary/aromatic N) is 5. The van der Waals surface area contributed by atoms with Crippen molar-refractivity contribution in [3.8, 4) is 5.75 Å². The van der Waals surface area contributed by atoms with Crippen molar-refractivity contribution in [2.75, 3.05) is 24.5 Å². The molecule has 3 N–H and O–H groups in total. The average Bonchev–Trinajstić information content (AvgIpc) is 3.43. The maximum atomic E-state index is 13.0. The second-order valence-corrected chi connectivity index (χ2v) is 11.8. The van der Waals surface area contributed by atoms with Gasteiger partial charge in [-0.3, -0.25) is 19.7 Å². The van der Waals surface area contributed by atoms with Crippen LogP contribution in [0.4, 0.5) is 24.0 Å². The molecule has 4 aromatic rings. The number of thiazole rings is 1. The van der Waals surface area contributed by atoms with E-state index in [9.17, 15) is 46.4 Å². The van der Waals surface area contributed by atoms with E-state index in [1.54, 1.807) is 4.90 Å². The van der Waals surface area contributed by atoms with Crippen LogP contribution in [0.2, 0.25) is 0 Å². The molecule has 1 aliphatic heterocycles. The van der Waals surface area contributed by atoms with E-state index >= 15 is 0 Å². The molecule has 1 saturated heterocycles. The number of sulfonamides is 1. The van der Waals surface area contributed by atoms with Crippen LogP contribution >= 0.6 is 11.3 Å². The number of benzene rings is 2. The first kappa shape index (κ1) is 32.3. The van der Waals surface area contributed by atoms with Crippen molar-refractivity contribution in [3.05, 3.63) is 86.5 Å². The predicted octanol–water partition coefficient (Wildman–Crippen LogP) is 3.39. The van der Waals surface area contributed by atoms with Crippen LogP contribution in [0, 0.1) is 10.1 Å². The van der Waals surface area contributed by atoms with Crippen molar-refractivity contribution in [3.63, 3.8) is 0 Å². The monoisotopic (exact) mass is 656 g/mol. The van der Waals surface area contributed by atoms with Gasteiger partial charge in [0.1, 0.15) is 22.0 Å². The van der Waals surface area contributed by atoms with Gasteiger partial charge >= 0.3 is 12.3 Å². The minimum absolute atomic E-state index is 0.0479. The van der Waals surface area contributed by atoms with Crippen molar-refractivity contribution in [2.45, 2.75) is 23.8 Å². The number of nitrogens with one attached hydrogen (secondary N) is 2. The van der Waals surface area contributed by atoms with Gasteiger partial charge in [0.25, 0.3) is 11.2 Å². The summed E-state index contributed by atoms with van der Waals surface area (Å²) in [5.74, 6) is -1.61. The SMILES string of the molecule is O=C(O)[C@H]1CN(c2nc3cn[nH]c(=O)c3s2)CCN1S(=O)(=O)c1ccc([N+](=O)[O-])cc1.[NH-]Cc1ccc(OC(F)(F)F)cc1. The molecule has 2 aromatic heterocycles. The Labute approximate surface area is 249 Å². The summed E-state index contributed by atoms with van der Waals surface area (Å²) in [5.41, 5.74) is 7.24. The number of rotatable bonds is 7. The number of aromatic nitrogens is 3. The lowest BCUT2D eigenvalue weighted by atomic mass is 10.2. The number of ether oxygens (including phenoxy) is 1. The third-order valence-electron chi connectivity index (χ3n) is 6.10. The zero-order valence-electron chi connectivity index (χ0n) is 22.1. The van der Waals surface area contributed by atoms with E-state index < -0.39 is 38.9 Å². The van der Waals surface area contributed by atoms with Gasteiger partial charge in [0.15, 0.2) is 5.13 Å². The number of non-ortho nitro benzene ring substituents is 1. The maximum absolute atomic E-state index is 13.0. The van der Waals surface area contributed by atoms with E-state index in [0.717, 1.165) is 39.9 Å². The highest BCUT2D eigenvalue weighted by Crippen LogP contribution is 2.30. The molecule has 44 heavy (non-hydrogen) atoms. The van der Waals surface area contributed by atoms with E-state index in [1.807, 2.05) is 0 Å². The summed E-state index contributed by atoms with van der Waals surface area (Å²) in [6.45, 7) is -0.152. The fraction of sp³-hybridized carbons (Fsp3) is 0.250. The Morgan fingerprint density at radius 1 is 1.18 bits per heavy atom. The summed E-state index contributed by atoms with van der Waals surface area (Å²) < 4.78 is 65.9. The molecule has 0 aliphatic carbocycles. The van der Waals surface area contributed by atoms with Crippen LogP contribution in [0.1, 0.15) is 5.56 Å². The number of hydrogen-bond acceptors (Lipinski definition) is 11. The summed E-state index contributed by atoms with van der Waals surface area (Å²) >= 11 is 1.06. The number of aliphatic carboxylic acids is 1. The number of hydrogen-bond donors (Lipinski definition) is 2. The number of H-pyrrole nitrogens is 1. The number of nitro benzene ring substituents is 1. The number of aromatic amines is 1. The normalized spacial score (nSPS) is 15.8. The Bertz CT molecular complexity index is 1810. The minimum atomic E-state index is -4.65. The highest BCUT2D eigenvalue weighted by molar-refractivity contribution is 7.89. The number of carboxylic acid groups (broad SMARTS) is 1. The topological polar surface area (TPSA) is 213 Å². The van der Waals surface area contributed by atoms with Crippen LogP contribution < -0.4 is 15.2 Å². The fourth-order valence-corrected chi connectivity index (χ4v) is 6.55. The fourth-order valence-electron chi connectivity index (χ4n) is 4.02. The molecule has 0 bridgehead atoms. The molecule has 1 aliphatic rings. The molecule has 15 nitrogen and oxygen atoms in total. The second kappa shape index (κ2) is 12.9. The molecule has 0 radical (unpaired) electrons. The van der Waals surface area contributed by atoms with Gasteiger partial charge in [0, 0.05) is 31.8 Å². The maximum Gasteiger partial charge on any atom is 0.573 e. The van der Waals surface area contributed by atoms with Gasteiger partial charge in [0.05, 0.1) is 16.0 Å². The van der Waals surface area contributed by atoms with Gasteiger partial charge in [-0.25, -0.2) is 18.5 Å². The van der Waals surface area contributed by atoms with E-state index in [-0.39, 0.29) is 42.5 Å². The summed E-state index contributed by atoms with van der Waals surface area (Å²) in [6, 6.07) is 8.06. The van der Waals surface area contributed by atoms with Crippen LogP contribution in [0.15, 0.2) is 64.4 Å². The van der Waals surface area contributed by atoms with Crippen LogP contribution in [0.3, 0.4) is 0 Å². The van der Waals surface area contributed by atoms with Gasteiger partial charge in [-0.15, -0.1) is 19.7 Å². The molecule has 0 saturated carbocycles. The molecule has 234 valence electrons. The third kappa shape index (κ3) is 7.45. The predicted molar refractivity (Wildman–Crippen MR) is 150 cm³/mol. The van der Waals surface area contributed by atoms with E-state index in [2.05, 4.69) is 19.9 Å². The lowest BCUT2D eigenvalue weighted by Crippen LogP contribution is -2.58. The smallest absolute Gasteiger partial charge is 0.573 e. The summed E-state index contributed by atoms with van der Waals surface area (Å²) in [5, 5.41) is 26.8. The molecular formula is C24H21F3N7O8S2-. The molecule has 20 heteroatoms. The van der Waals surface area contributed by atoms with Crippen LogP contribution in [-0.4, -0.2) is 75.9 Å². The summed E-state index contributed by atoms with van der Waals surface area (Å²) in [7, 11) is -4.21. The Morgan fingerprint density at radius 3 is 2.39 bits per heavy atom. The van der Waals surface area contributed by atoms with Crippen molar-refractivity contribution in [1.82, 2.24) is 19.5 Å². The van der Waals surface area contributed by atoms with Gasteiger partial charge in [0.2, 0.25) is 10.0 Å². The Kier molecular flexibility index (Phi) is 9.47. The number of nitro groups is 1. The number of halogens is 3. The molecule has 1 atom stereocenters. The molecule has 0 unspecified atom stereocenters. The molecule has 1 fully saturated rings. The van der Waals surface area contributed by atoms with Gasteiger partial charge in [-0.1, -0.05) is 29.0 Å². The number of fused-ring (bicyclic) bond motifs is 1. The zero-order chi connectivity index (χ0) is 32.2. The Morgan fingerprint density at radius 2 is 1.84 bits per heavy atom. The molecule has 3 heterocycles. The Balaban J connectivity index is 0.000000285. The lowest BCUT2D eigenvalue weighted by Gasteiger charge is -2.38. The highest BCUT2D eigenvalue weighted by Gasteiger charge is 2.41. The molecule has 0 amide bonds. The largest absolute Gasteiger partial charge is 0.674 e. The Hall–Kier alpha value is -4.66. The minimum Gasteiger partial charge on any atom is -0.674 e. The van der Waals surface area contributed by atoms with E-state index in [4.69, 9.17) is 5.73 Å². The quantitative estimate of drug-likeness (QED) is 0.217. The average molecular weight is 657 g/mol. The molecular weight excluding hydrogens is 635 g/mol. The van der Waals surface area contributed by atoms with E-state index in [0.29, 0.717) is 20.9 Å². The highest BCUT2D eigenvalue weighted by atomic mass is 32.2. The van der Waals surface area contributed by atoms with Crippen LogP contribution in [-0.2, 0) is 21.4 Å². The standard InChI is InChI=1S/C16H14N6O7S2.C8H7F3NO/c23-14-13-11(7-17-19-14)18-16(30-13)20-5-6-21(12(8-20)15(24)25)31(28,29)10-3-1-9(2-4-10)22(26)27;9-8(10,11)13-7-3-1-6(5-12)2-4-7/h1-4,7,12H,5-6,8H2,(H,19,23)(H,24,25);1-4,12H,5H2/q;-1/t12-;/m1./s1.